The van der Waals surface area contributed by atoms with Crippen molar-refractivity contribution in [3.05, 3.63) is 18.2 Å². The van der Waals surface area contributed by atoms with Crippen LogP contribution < -0.4 is 15.4 Å². The van der Waals surface area contributed by atoms with Crippen LogP contribution in [-0.4, -0.2) is 19.7 Å². The van der Waals surface area contributed by atoms with E-state index >= 15 is 0 Å². The average Bonchev–Trinajstić information content (AvgIpc) is 2.23. The molecular formula is C15H26N2O. The third-order valence-corrected chi connectivity index (χ3v) is 2.77. The van der Waals surface area contributed by atoms with Crippen LogP contribution in [0.15, 0.2) is 18.2 Å². The fourth-order valence-electron chi connectivity index (χ4n) is 1.75. The molecule has 0 unspecified atom stereocenters. The second-order valence-corrected chi connectivity index (χ2v) is 5.53. The van der Waals surface area contributed by atoms with E-state index in [0.29, 0.717) is 5.92 Å². The molecule has 102 valence electrons. The quantitative estimate of drug-likeness (QED) is 0.785. The highest BCUT2D eigenvalue weighted by molar-refractivity contribution is 5.60. The van der Waals surface area contributed by atoms with Gasteiger partial charge in [0.05, 0.1) is 6.10 Å². The second kappa shape index (κ2) is 6.53. The normalized spacial score (nSPS) is 11.1. The maximum absolute atomic E-state index is 5.92. The summed E-state index contributed by atoms with van der Waals surface area (Å²) in [5.74, 6) is 1.55. The zero-order valence-corrected chi connectivity index (χ0v) is 12.2. The average molecular weight is 250 g/mol. The molecule has 0 aliphatic carbocycles. The maximum atomic E-state index is 5.92. The van der Waals surface area contributed by atoms with Crippen LogP contribution in [-0.2, 0) is 0 Å². The molecule has 1 rings (SSSR count). The van der Waals surface area contributed by atoms with Crippen LogP contribution in [0.5, 0.6) is 5.75 Å². The highest BCUT2D eigenvalue weighted by Gasteiger charge is 2.07. The summed E-state index contributed by atoms with van der Waals surface area (Å²) in [6.07, 6.45) is 1.34. The van der Waals surface area contributed by atoms with E-state index in [9.17, 15) is 0 Å². The van der Waals surface area contributed by atoms with E-state index in [1.807, 2.05) is 26.0 Å². The van der Waals surface area contributed by atoms with Crippen molar-refractivity contribution in [2.24, 2.45) is 5.92 Å². The molecule has 0 heterocycles. The number of nitrogens with zero attached hydrogens (tertiary/aromatic N) is 1. The molecule has 1 aromatic rings. The Balaban J connectivity index is 2.78. The van der Waals surface area contributed by atoms with Gasteiger partial charge in [-0.3, -0.25) is 0 Å². The first-order valence-corrected chi connectivity index (χ1v) is 6.67. The summed E-state index contributed by atoms with van der Waals surface area (Å²) in [6.45, 7) is 9.54. The predicted molar refractivity (Wildman–Crippen MR) is 79.3 cm³/mol. The summed E-state index contributed by atoms with van der Waals surface area (Å²) in [7, 11) is 2.09. The topological polar surface area (TPSA) is 38.5 Å². The molecular weight excluding hydrogens is 224 g/mol. The fourth-order valence-corrected chi connectivity index (χ4v) is 1.75. The summed E-state index contributed by atoms with van der Waals surface area (Å²) in [4.78, 5) is 2.23. The molecule has 3 nitrogen and oxygen atoms in total. The Bertz CT molecular complexity index is 375. The molecule has 0 aromatic heterocycles. The van der Waals surface area contributed by atoms with E-state index in [1.54, 1.807) is 0 Å². The van der Waals surface area contributed by atoms with Crippen molar-refractivity contribution >= 4 is 11.4 Å². The Hall–Kier alpha value is -1.38. The van der Waals surface area contributed by atoms with Crippen LogP contribution in [0.25, 0.3) is 0 Å². The number of hydrogen-bond donors (Lipinski definition) is 1. The lowest BCUT2D eigenvalue weighted by Gasteiger charge is -2.22. The molecule has 2 N–H and O–H groups in total. The lowest BCUT2D eigenvalue weighted by molar-refractivity contribution is 0.242. The summed E-state index contributed by atoms with van der Waals surface area (Å²) < 4.78 is 5.70. The maximum Gasteiger partial charge on any atom is 0.123 e. The van der Waals surface area contributed by atoms with Gasteiger partial charge in [-0.1, -0.05) is 13.8 Å². The Labute approximate surface area is 111 Å². The summed E-state index contributed by atoms with van der Waals surface area (Å²) in [6, 6.07) is 5.92. The molecule has 0 amide bonds. The van der Waals surface area contributed by atoms with E-state index in [-0.39, 0.29) is 6.10 Å². The van der Waals surface area contributed by atoms with Crippen molar-refractivity contribution in [3.8, 4) is 5.75 Å². The first-order valence-electron chi connectivity index (χ1n) is 6.67. The van der Waals surface area contributed by atoms with Crippen molar-refractivity contribution in [1.82, 2.24) is 0 Å². The first kappa shape index (κ1) is 14.7. The van der Waals surface area contributed by atoms with Crippen molar-refractivity contribution in [1.29, 1.82) is 0 Å². The van der Waals surface area contributed by atoms with E-state index in [2.05, 4.69) is 31.9 Å². The van der Waals surface area contributed by atoms with Gasteiger partial charge in [-0.2, -0.15) is 0 Å². The van der Waals surface area contributed by atoms with Crippen molar-refractivity contribution in [3.63, 3.8) is 0 Å². The molecule has 0 saturated heterocycles. The second-order valence-electron chi connectivity index (χ2n) is 5.53. The number of nitrogen functional groups attached to an aromatic ring is 1. The number of nitrogens with two attached hydrogens (primary N) is 1. The van der Waals surface area contributed by atoms with Crippen molar-refractivity contribution < 1.29 is 4.74 Å². The lowest BCUT2D eigenvalue weighted by Crippen LogP contribution is -2.20. The number of rotatable bonds is 6. The third-order valence-electron chi connectivity index (χ3n) is 2.77. The van der Waals surface area contributed by atoms with Gasteiger partial charge in [0.25, 0.3) is 0 Å². The van der Waals surface area contributed by atoms with E-state index in [1.165, 1.54) is 6.42 Å². The molecule has 3 heteroatoms. The smallest absolute Gasteiger partial charge is 0.123 e. The molecule has 18 heavy (non-hydrogen) atoms. The lowest BCUT2D eigenvalue weighted by atomic mass is 10.1. The van der Waals surface area contributed by atoms with Gasteiger partial charge < -0.3 is 15.4 Å². The number of hydrogen-bond acceptors (Lipinski definition) is 3. The summed E-state index contributed by atoms with van der Waals surface area (Å²) >= 11 is 0. The van der Waals surface area contributed by atoms with E-state index in [4.69, 9.17) is 10.5 Å². The summed E-state index contributed by atoms with van der Waals surface area (Å²) in [5.41, 5.74) is 7.79. The van der Waals surface area contributed by atoms with Gasteiger partial charge in [0, 0.05) is 37.1 Å². The molecule has 0 saturated carbocycles. The molecule has 0 fully saturated rings. The molecule has 0 aliphatic heterocycles. The van der Waals surface area contributed by atoms with Crippen LogP contribution >= 0.6 is 0 Å². The molecule has 0 aliphatic rings. The van der Waals surface area contributed by atoms with Gasteiger partial charge in [-0.15, -0.1) is 0 Å². The molecule has 1 aromatic carbocycles. The molecule has 0 spiro atoms. The molecule has 0 radical (unpaired) electrons. The van der Waals surface area contributed by atoms with Crippen LogP contribution in [0.4, 0.5) is 11.4 Å². The minimum Gasteiger partial charge on any atom is -0.491 e. The zero-order valence-electron chi connectivity index (χ0n) is 12.2. The van der Waals surface area contributed by atoms with Gasteiger partial charge >= 0.3 is 0 Å². The Morgan fingerprint density at radius 2 is 1.83 bits per heavy atom. The molecule has 0 bridgehead atoms. The first-order chi connectivity index (χ1) is 8.38. The fraction of sp³-hybridized carbons (Fsp3) is 0.600. The van der Waals surface area contributed by atoms with Gasteiger partial charge in [-0.05, 0) is 32.3 Å². The van der Waals surface area contributed by atoms with Crippen LogP contribution in [0, 0.1) is 5.92 Å². The van der Waals surface area contributed by atoms with Gasteiger partial charge in [0.15, 0.2) is 0 Å². The minimum absolute atomic E-state index is 0.167. The van der Waals surface area contributed by atoms with Crippen LogP contribution in [0.1, 0.15) is 34.1 Å². The van der Waals surface area contributed by atoms with Crippen molar-refractivity contribution in [2.75, 3.05) is 24.2 Å². The SMILES string of the molecule is CC(C)CCN(C)c1cc(N)cc(OC(C)C)c1. The van der Waals surface area contributed by atoms with Crippen molar-refractivity contribution in [2.45, 2.75) is 40.2 Å². The number of anilines is 2. The highest BCUT2D eigenvalue weighted by Crippen LogP contribution is 2.26. The third kappa shape index (κ3) is 4.86. The summed E-state index contributed by atoms with van der Waals surface area (Å²) in [5, 5.41) is 0. The minimum atomic E-state index is 0.167. The number of benzene rings is 1. The van der Waals surface area contributed by atoms with Gasteiger partial charge in [0.1, 0.15) is 5.75 Å². The Kier molecular flexibility index (Phi) is 5.32. The van der Waals surface area contributed by atoms with Crippen LogP contribution in [0.2, 0.25) is 0 Å². The highest BCUT2D eigenvalue weighted by atomic mass is 16.5. The van der Waals surface area contributed by atoms with E-state index in [0.717, 1.165) is 23.7 Å². The largest absolute Gasteiger partial charge is 0.491 e. The van der Waals surface area contributed by atoms with E-state index < -0.39 is 0 Å². The zero-order chi connectivity index (χ0) is 13.7. The predicted octanol–water partition coefficient (Wildman–Crippen LogP) is 3.54. The Morgan fingerprint density at radius 1 is 1.17 bits per heavy atom. The Morgan fingerprint density at radius 3 is 2.39 bits per heavy atom. The van der Waals surface area contributed by atoms with Gasteiger partial charge in [-0.25, -0.2) is 0 Å². The number of ether oxygens (including phenoxy) is 1. The van der Waals surface area contributed by atoms with Crippen LogP contribution in [0.3, 0.4) is 0 Å². The monoisotopic (exact) mass is 250 g/mol. The molecule has 0 atom stereocenters. The standard InChI is InChI=1S/C15H26N2O/c1-11(2)6-7-17(5)14-8-13(16)9-15(10-14)18-12(3)4/h8-12H,6-7,16H2,1-5H3. The van der Waals surface area contributed by atoms with Gasteiger partial charge in [0.2, 0.25) is 0 Å².